The number of ether oxygens (including phenoxy) is 2. The zero-order chi connectivity index (χ0) is 13.1. The van der Waals surface area contributed by atoms with Crippen molar-refractivity contribution in [3.8, 4) is 22.9 Å². The van der Waals surface area contributed by atoms with E-state index in [4.69, 9.17) is 14.6 Å². The summed E-state index contributed by atoms with van der Waals surface area (Å²) in [6, 6.07) is 5.61. The highest BCUT2D eigenvalue weighted by Gasteiger charge is 2.11. The second kappa shape index (κ2) is 5.10. The molecule has 0 aliphatic carbocycles. The van der Waals surface area contributed by atoms with Crippen LogP contribution in [0.25, 0.3) is 11.4 Å². The summed E-state index contributed by atoms with van der Waals surface area (Å²) >= 11 is 0. The van der Waals surface area contributed by atoms with E-state index >= 15 is 0 Å². The van der Waals surface area contributed by atoms with Gasteiger partial charge in [0.2, 0.25) is 0 Å². The molecule has 0 radical (unpaired) electrons. The highest BCUT2D eigenvalue weighted by molar-refractivity contribution is 5.61. The van der Waals surface area contributed by atoms with Crippen molar-refractivity contribution in [1.29, 1.82) is 0 Å². The average molecular weight is 248 g/mol. The van der Waals surface area contributed by atoms with Crippen LogP contribution in [0.15, 0.2) is 24.4 Å². The number of nitrogens with zero attached hydrogens (tertiary/aromatic N) is 2. The maximum absolute atomic E-state index is 9.08. The normalized spacial score (nSPS) is 10.4. The Bertz CT molecular complexity index is 549. The summed E-state index contributed by atoms with van der Waals surface area (Å²) in [5, 5.41) is 9.08. The van der Waals surface area contributed by atoms with Crippen molar-refractivity contribution in [2.24, 2.45) is 7.05 Å². The predicted molar refractivity (Wildman–Crippen MR) is 67.7 cm³/mol. The Labute approximate surface area is 106 Å². The molecule has 1 aromatic heterocycles. The topological polar surface area (TPSA) is 56.5 Å². The molecule has 96 valence electrons. The van der Waals surface area contributed by atoms with Crippen LogP contribution in [0.3, 0.4) is 0 Å². The van der Waals surface area contributed by atoms with Gasteiger partial charge in [-0.25, -0.2) is 4.98 Å². The van der Waals surface area contributed by atoms with E-state index in [-0.39, 0.29) is 6.61 Å². The summed E-state index contributed by atoms with van der Waals surface area (Å²) in [4.78, 5) is 4.35. The number of benzene rings is 1. The number of rotatable bonds is 4. The minimum absolute atomic E-state index is 0.0683. The fourth-order valence-corrected chi connectivity index (χ4v) is 1.85. The van der Waals surface area contributed by atoms with Crippen LogP contribution in [0.4, 0.5) is 0 Å². The molecule has 0 atom stereocenters. The molecular weight excluding hydrogens is 232 g/mol. The van der Waals surface area contributed by atoms with Crippen molar-refractivity contribution in [3.05, 3.63) is 30.1 Å². The summed E-state index contributed by atoms with van der Waals surface area (Å²) in [5.74, 6) is 2.11. The van der Waals surface area contributed by atoms with Crippen molar-refractivity contribution < 1.29 is 14.6 Å². The number of hydrogen-bond donors (Lipinski definition) is 1. The zero-order valence-corrected chi connectivity index (χ0v) is 10.7. The van der Waals surface area contributed by atoms with Gasteiger partial charge < -0.3 is 19.1 Å². The first kappa shape index (κ1) is 12.4. The molecule has 0 fully saturated rings. The van der Waals surface area contributed by atoms with Gasteiger partial charge in [-0.2, -0.15) is 0 Å². The highest BCUT2D eigenvalue weighted by atomic mass is 16.5. The third kappa shape index (κ3) is 2.17. The lowest BCUT2D eigenvalue weighted by molar-refractivity contribution is 0.277. The highest BCUT2D eigenvalue weighted by Crippen LogP contribution is 2.31. The zero-order valence-electron chi connectivity index (χ0n) is 10.7. The van der Waals surface area contributed by atoms with Crippen LogP contribution in [0, 0.1) is 0 Å². The first-order valence-corrected chi connectivity index (χ1v) is 5.55. The maximum atomic E-state index is 9.08. The molecular formula is C13H16N2O3. The van der Waals surface area contributed by atoms with Gasteiger partial charge in [0, 0.05) is 18.8 Å². The van der Waals surface area contributed by atoms with Gasteiger partial charge in [-0.3, -0.25) is 0 Å². The Morgan fingerprint density at radius 2 is 1.94 bits per heavy atom. The number of aryl methyl sites for hydroxylation is 1. The molecule has 0 bridgehead atoms. The fourth-order valence-electron chi connectivity index (χ4n) is 1.85. The first-order chi connectivity index (χ1) is 8.69. The van der Waals surface area contributed by atoms with E-state index in [9.17, 15) is 0 Å². The van der Waals surface area contributed by atoms with E-state index in [1.54, 1.807) is 20.4 Å². The number of aromatic nitrogens is 2. The van der Waals surface area contributed by atoms with E-state index in [1.807, 2.05) is 29.8 Å². The molecule has 5 heteroatoms. The molecule has 5 nitrogen and oxygen atoms in total. The van der Waals surface area contributed by atoms with Crippen molar-refractivity contribution in [3.63, 3.8) is 0 Å². The molecule has 1 heterocycles. The fraction of sp³-hybridized carbons (Fsp3) is 0.308. The number of aliphatic hydroxyl groups is 1. The molecule has 18 heavy (non-hydrogen) atoms. The summed E-state index contributed by atoms with van der Waals surface area (Å²) in [6.07, 6.45) is 1.80. The van der Waals surface area contributed by atoms with Crippen molar-refractivity contribution in [1.82, 2.24) is 9.55 Å². The Morgan fingerprint density at radius 3 is 2.50 bits per heavy atom. The maximum Gasteiger partial charge on any atom is 0.161 e. The van der Waals surface area contributed by atoms with E-state index in [1.165, 1.54) is 0 Å². The monoisotopic (exact) mass is 248 g/mol. The minimum atomic E-state index is -0.0683. The van der Waals surface area contributed by atoms with Gasteiger partial charge in [-0.1, -0.05) is 0 Å². The quantitative estimate of drug-likeness (QED) is 0.892. The van der Waals surface area contributed by atoms with Crippen molar-refractivity contribution in [2.45, 2.75) is 6.61 Å². The molecule has 1 aromatic carbocycles. The lowest BCUT2D eigenvalue weighted by Crippen LogP contribution is -1.94. The van der Waals surface area contributed by atoms with Crippen LogP contribution < -0.4 is 9.47 Å². The molecule has 0 spiro atoms. The Balaban J connectivity index is 2.47. The summed E-state index contributed by atoms with van der Waals surface area (Å²) < 4.78 is 12.3. The lowest BCUT2D eigenvalue weighted by Gasteiger charge is -2.09. The van der Waals surface area contributed by atoms with Crippen LogP contribution in [0.2, 0.25) is 0 Å². The molecule has 0 unspecified atom stereocenters. The van der Waals surface area contributed by atoms with E-state index in [0.717, 1.165) is 11.4 Å². The number of methoxy groups -OCH3 is 2. The third-order valence-corrected chi connectivity index (χ3v) is 2.73. The van der Waals surface area contributed by atoms with Gasteiger partial charge in [-0.05, 0) is 18.2 Å². The second-order valence-corrected chi connectivity index (χ2v) is 3.89. The smallest absolute Gasteiger partial charge is 0.161 e. The Morgan fingerprint density at radius 1 is 1.22 bits per heavy atom. The minimum Gasteiger partial charge on any atom is -0.493 e. The Hall–Kier alpha value is -2.01. The largest absolute Gasteiger partial charge is 0.493 e. The molecule has 0 saturated carbocycles. The standard InChI is InChI=1S/C13H16N2O3/c1-15-7-10(8-16)14-13(15)9-4-5-11(17-2)12(6-9)18-3/h4-7,16H,8H2,1-3H3. The molecule has 0 saturated heterocycles. The van der Waals surface area contributed by atoms with Crippen LogP contribution in [0.5, 0.6) is 11.5 Å². The number of imidazole rings is 1. The first-order valence-electron chi connectivity index (χ1n) is 5.55. The van der Waals surface area contributed by atoms with Gasteiger partial charge in [0.15, 0.2) is 11.5 Å². The van der Waals surface area contributed by atoms with E-state index in [2.05, 4.69) is 4.98 Å². The Kier molecular flexibility index (Phi) is 3.53. The van der Waals surface area contributed by atoms with E-state index < -0.39 is 0 Å². The second-order valence-electron chi connectivity index (χ2n) is 3.89. The van der Waals surface area contributed by atoms with Gasteiger partial charge in [-0.15, -0.1) is 0 Å². The molecule has 2 rings (SSSR count). The average Bonchev–Trinajstić information content (AvgIpc) is 2.79. The molecule has 2 aromatic rings. The lowest BCUT2D eigenvalue weighted by atomic mass is 10.2. The van der Waals surface area contributed by atoms with Crippen LogP contribution in [-0.4, -0.2) is 28.9 Å². The molecule has 0 aliphatic heterocycles. The van der Waals surface area contributed by atoms with E-state index in [0.29, 0.717) is 17.2 Å². The van der Waals surface area contributed by atoms with Gasteiger partial charge in [0.05, 0.1) is 26.5 Å². The SMILES string of the molecule is COc1ccc(-c2nc(CO)cn2C)cc1OC. The summed E-state index contributed by atoms with van der Waals surface area (Å²) in [5.41, 5.74) is 1.55. The predicted octanol–water partition coefficient (Wildman–Crippen LogP) is 1.60. The van der Waals surface area contributed by atoms with Crippen LogP contribution >= 0.6 is 0 Å². The number of hydrogen-bond acceptors (Lipinski definition) is 4. The summed E-state index contributed by atoms with van der Waals surface area (Å²) in [6.45, 7) is -0.0683. The third-order valence-electron chi connectivity index (χ3n) is 2.73. The van der Waals surface area contributed by atoms with Crippen LogP contribution in [-0.2, 0) is 13.7 Å². The molecule has 1 N–H and O–H groups in total. The molecule has 0 aliphatic rings. The van der Waals surface area contributed by atoms with Gasteiger partial charge in [0.25, 0.3) is 0 Å². The van der Waals surface area contributed by atoms with Crippen molar-refractivity contribution >= 4 is 0 Å². The molecule has 0 amide bonds. The van der Waals surface area contributed by atoms with Gasteiger partial charge >= 0.3 is 0 Å². The van der Waals surface area contributed by atoms with Gasteiger partial charge in [0.1, 0.15) is 5.82 Å². The summed E-state index contributed by atoms with van der Waals surface area (Å²) in [7, 11) is 5.08. The van der Waals surface area contributed by atoms with Crippen LogP contribution in [0.1, 0.15) is 5.69 Å². The number of aliphatic hydroxyl groups excluding tert-OH is 1. The van der Waals surface area contributed by atoms with Crippen molar-refractivity contribution in [2.75, 3.05) is 14.2 Å².